The van der Waals surface area contributed by atoms with Gasteiger partial charge in [0.15, 0.2) is 0 Å². The maximum absolute atomic E-state index is 10.8. The van der Waals surface area contributed by atoms with Crippen molar-refractivity contribution in [3.8, 4) is 0 Å². The van der Waals surface area contributed by atoms with Crippen LogP contribution in [0.25, 0.3) is 0 Å². The van der Waals surface area contributed by atoms with E-state index in [1.165, 1.54) is 4.90 Å². The number of fused-ring (bicyclic) bond motifs is 1. The normalized spacial score (nSPS) is 14.9. The number of aromatic nitrogens is 2. The molecule has 80 valence electrons. The zero-order chi connectivity index (χ0) is 10.8. The fraction of sp³-hybridized carbons (Fsp3) is 0.444. The Morgan fingerprint density at radius 2 is 2.47 bits per heavy atom. The molecule has 0 radical (unpaired) electrons. The third-order valence-electron chi connectivity index (χ3n) is 2.39. The summed E-state index contributed by atoms with van der Waals surface area (Å²) in [5.41, 5.74) is 1.79. The summed E-state index contributed by atoms with van der Waals surface area (Å²) in [6.07, 6.45) is 1.50. The number of amides is 1. The minimum Gasteiger partial charge on any atom is -0.465 e. The van der Waals surface area contributed by atoms with E-state index in [4.69, 9.17) is 16.7 Å². The minimum atomic E-state index is -0.910. The van der Waals surface area contributed by atoms with E-state index in [0.29, 0.717) is 25.3 Å². The van der Waals surface area contributed by atoms with E-state index in [9.17, 15) is 4.79 Å². The van der Waals surface area contributed by atoms with Gasteiger partial charge in [-0.05, 0) is 12.0 Å². The lowest BCUT2D eigenvalue weighted by Gasteiger charge is -2.25. The highest BCUT2D eigenvalue weighted by atomic mass is 35.5. The Morgan fingerprint density at radius 1 is 1.67 bits per heavy atom. The highest BCUT2D eigenvalue weighted by Gasteiger charge is 2.21. The molecule has 0 saturated heterocycles. The molecular weight excluding hydrogens is 218 g/mol. The van der Waals surface area contributed by atoms with Crippen LogP contribution in [0.3, 0.4) is 0 Å². The zero-order valence-corrected chi connectivity index (χ0v) is 8.74. The van der Waals surface area contributed by atoms with Gasteiger partial charge in [0.05, 0.1) is 18.1 Å². The molecule has 2 rings (SSSR count). The second-order valence-electron chi connectivity index (χ2n) is 3.35. The molecule has 6 heteroatoms. The van der Waals surface area contributed by atoms with Crippen LogP contribution in [0.2, 0.25) is 0 Å². The molecule has 1 N–H and O–H groups in total. The van der Waals surface area contributed by atoms with Gasteiger partial charge in [0, 0.05) is 12.7 Å². The van der Waals surface area contributed by atoms with E-state index < -0.39 is 6.09 Å². The Kier molecular flexibility index (Phi) is 2.73. The molecule has 1 aromatic rings. The largest absolute Gasteiger partial charge is 0.465 e. The molecule has 0 fully saturated rings. The molecule has 15 heavy (non-hydrogen) atoms. The van der Waals surface area contributed by atoms with Crippen molar-refractivity contribution in [3.05, 3.63) is 23.3 Å². The minimum absolute atomic E-state index is 0.250. The summed E-state index contributed by atoms with van der Waals surface area (Å²) in [6.45, 7) is 0.836. The Morgan fingerprint density at radius 3 is 3.13 bits per heavy atom. The first-order valence-corrected chi connectivity index (χ1v) is 5.11. The van der Waals surface area contributed by atoms with Gasteiger partial charge in [-0.2, -0.15) is 0 Å². The van der Waals surface area contributed by atoms with Gasteiger partial charge >= 0.3 is 6.09 Å². The van der Waals surface area contributed by atoms with Crippen molar-refractivity contribution in [2.75, 3.05) is 6.54 Å². The predicted molar refractivity (Wildman–Crippen MR) is 53.7 cm³/mol. The van der Waals surface area contributed by atoms with Crippen molar-refractivity contribution in [1.29, 1.82) is 0 Å². The maximum Gasteiger partial charge on any atom is 0.407 e. The average molecular weight is 228 g/mol. The average Bonchev–Trinajstić information content (AvgIpc) is 2.27. The van der Waals surface area contributed by atoms with Gasteiger partial charge in [0.2, 0.25) is 0 Å². The smallest absolute Gasteiger partial charge is 0.407 e. The number of rotatable bonds is 1. The van der Waals surface area contributed by atoms with Crippen LogP contribution in [0, 0.1) is 0 Å². The van der Waals surface area contributed by atoms with Crippen LogP contribution >= 0.6 is 11.6 Å². The molecule has 1 aromatic heterocycles. The number of nitrogens with zero attached hydrogens (tertiary/aromatic N) is 3. The summed E-state index contributed by atoms with van der Waals surface area (Å²) >= 11 is 5.61. The van der Waals surface area contributed by atoms with Gasteiger partial charge in [-0.3, -0.25) is 0 Å². The maximum atomic E-state index is 10.8. The first kappa shape index (κ1) is 10.2. The highest BCUT2D eigenvalue weighted by molar-refractivity contribution is 6.16. The molecule has 0 unspecified atom stereocenters. The topological polar surface area (TPSA) is 66.3 Å². The van der Waals surface area contributed by atoms with Crippen LogP contribution in [0.1, 0.15) is 17.1 Å². The first-order valence-electron chi connectivity index (χ1n) is 4.58. The van der Waals surface area contributed by atoms with E-state index in [1.54, 1.807) is 6.20 Å². The Bertz CT molecular complexity index is 397. The number of halogens is 1. The lowest BCUT2D eigenvalue weighted by Crippen LogP contribution is -2.35. The van der Waals surface area contributed by atoms with E-state index in [2.05, 4.69) is 9.97 Å². The Hall–Kier alpha value is -1.36. The molecule has 0 atom stereocenters. The van der Waals surface area contributed by atoms with Crippen molar-refractivity contribution >= 4 is 17.7 Å². The van der Waals surface area contributed by atoms with E-state index in [-0.39, 0.29) is 5.88 Å². The third-order valence-corrected chi connectivity index (χ3v) is 2.62. The monoisotopic (exact) mass is 227 g/mol. The van der Waals surface area contributed by atoms with Crippen LogP contribution in [0.4, 0.5) is 4.79 Å². The second-order valence-corrected chi connectivity index (χ2v) is 3.61. The van der Waals surface area contributed by atoms with Gasteiger partial charge in [-0.25, -0.2) is 14.8 Å². The second kappa shape index (κ2) is 4.02. The Balaban J connectivity index is 2.27. The first-order chi connectivity index (χ1) is 7.20. The number of hydrogen-bond acceptors (Lipinski definition) is 3. The summed E-state index contributed by atoms with van der Waals surface area (Å²) in [5, 5.41) is 8.85. The van der Waals surface area contributed by atoms with Gasteiger partial charge < -0.3 is 10.0 Å². The molecule has 2 heterocycles. The van der Waals surface area contributed by atoms with E-state index in [1.807, 2.05) is 0 Å². The van der Waals surface area contributed by atoms with Gasteiger partial charge in [-0.1, -0.05) is 0 Å². The molecule has 0 saturated carbocycles. The summed E-state index contributed by atoms with van der Waals surface area (Å²) in [7, 11) is 0. The summed E-state index contributed by atoms with van der Waals surface area (Å²) < 4.78 is 0. The Labute approximate surface area is 91.7 Å². The third kappa shape index (κ3) is 2.02. The van der Waals surface area contributed by atoms with Crippen LogP contribution in [-0.2, 0) is 18.8 Å². The highest BCUT2D eigenvalue weighted by Crippen LogP contribution is 2.16. The molecule has 5 nitrogen and oxygen atoms in total. The molecule has 1 aliphatic heterocycles. The van der Waals surface area contributed by atoms with E-state index in [0.717, 1.165) is 11.3 Å². The zero-order valence-electron chi connectivity index (χ0n) is 7.98. The standard InChI is InChI=1S/C9H10ClN3O2/c10-3-8-11-4-6-1-2-13(9(14)15)5-7(6)12-8/h4H,1-3,5H2,(H,14,15). The molecule has 0 spiro atoms. The number of carbonyl (C=O) groups is 1. The van der Waals surface area contributed by atoms with Crippen molar-refractivity contribution in [2.24, 2.45) is 0 Å². The summed E-state index contributed by atoms with van der Waals surface area (Å²) in [4.78, 5) is 20.4. The van der Waals surface area contributed by atoms with Gasteiger partial charge in [0.25, 0.3) is 0 Å². The van der Waals surface area contributed by atoms with Crippen LogP contribution in [-0.4, -0.2) is 32.6 Å². The molecular formula is C9H10ClN3O2. The predicted octanol–water partition coefficient (Wildman–Crippen LogP) is 1.25. The van der Waals surface area contributed by atoms with Crippen molar-refractivity contribution < 1.29 is 9.90 Å². The molecule has 1 aliphatic rings. The van der Waals surface area contributed by atoms with Gasteiger partial charge in [0.1, 0.15) is 5.82 Å². The number of hydrogen-bond donors (Lipinski definition) is 1. The van der Waals surface area contributed by atoms with Crippen molar-refractivity contribution in [3.63, 3.8) is 0 Å². The molecule has 0 bridgehead atoms. The summed E-state index contributed by atoms with van der Waals surface area (Å²) in [6, 6.07) is 0. The van der Waals surface area contributed by atoms with Crippen LogP contribution < -0.4 is 0 Å². The molecule has 0 aliphatic carbocycles. The van der Waals surface area contributed by atoms with Crippen LogP contribution in [0.15, 0.2) is 6.20 Å². The number of carboxylic acid groups (broad SMARTS) is 1. The van der Waals surface area contributed by atoms with E-state index >= 15 is 0 Å². The SMILES string of the molecule is O=C(O)N1CCc2cnc(CCl)nc2C1. The lowest BCUT2D eigenvalue weighted by atomic mass is 10.1. The number of alkyl halides is 1. The van der Waals surface area contributed by atoms with Crippen molar-refractivity contribution in [1.82, 2.24) is 14.9 Å². The lowest BCUT2D eigenvalue weighted by molar-refractivity contribution is 0.139. The van der Waals surface area contributed by atoms with Gasteiger partial charge in [-0.15, -0.1) is 11.6 Å². The van der Waals surface area contributed by atoms with Crippen LogP contribution in [0.5, 0.6) is 0 Å². The quantitative estimate of drug-likeness (QED) is 0.734. The molecule has 1 amide bonds. The fourth-order valence-electron chi connectivity index (χ4n) is 1.57. The summed E-state index contributed by atoms with van der Waals surface area (Å²) in [5.74, 6) is 0.794. The van der Waals surface area contributed by atoms with Crippen molar-refractivity contribution in [2.45, 2.75) is 18.8 Å². The fourth-order valence-corrected chi connectivity index (χ4v) is 1.70. The molecule has 0 aromatic carbocycles.